The van der Waals surface area contributed by atoms with Gasteiger partial charge in [-0.25, -0.2) is 0 Å². The van der Waals surface area contributed by atoms with E-state index in [4.69, 9.17) is 179 Å². The molecule has 0 spiro atoms. The Morgan fingerprint density at radius 3 is 0.688 bits per heavy atom. The van der Waals surface area contributed by atoms with Crippen molar-refractivity contribution < 1.29 is 149 Å². The molecule has 0 unspecified atom stereocenters. The van der Waals surface area contributed by atoms with E-state index in [9.17, 15) is 71.9 Å². The molecule has 0 saturated carbocycles. The predicted molar refractivity (Wildman–Crippen MR) is 468 cm³/mol. The monoisotopic (exact) mass is 1840 g/mol. The zero-order valence-electron chi connectivity index (χ0n) is 72.5. The molecule has 2 saturated heterocycles. The van der Waals surface area contributed by atoms with Crippen molar-refractivity contribution in [3.8, 4) is 0 Å². The van der Waals surface area contributed by atoms with E-state index in [1.54, 1.807) is 0 Å². The second kappa shape index (κ2) is 97.1. The Hall–Kier alpha value is -9.13. The first kappa shape index (κ1) is 142. The number of nitrogens with two attached hydrogens (primary N) is 19. The topological polar surface area (TPSA) is 1110 Å². The Morgan fingerprint density at radius 1 is 0.368 bits per heavy atom. The van der Waals surface area contributed by atoms with E-state index in [0.29, 0.717) is 84.2 Å². The molecule has 2 heterocycles. The molecule has 2 rings (SSSR count). The summed E-state index contributed by atoms with van der Waals surface area (Å²) in [5.74, 6) is -13.8. The van der Waals surface area contributed by atoms with Gasteiger partial charge in [0.25, 0.3) is 0 Å². The Morgan fingerprint density at radius 2 is 0.592 bits per heavy atom. The highest BCUT2D eigenvalue weighted by molar-refractivity contribution is 7.80. The summed E-state index contributed by atoms with van der Waals surface area (Å²) in [6, 6.07) is -9.47. The summed E-state index contributed by atoms with van der Waals surface area (Å²) >= 11 is 3.65. The van der Waals surface area contributed by atoms with E-state index in [1.165, 1.54) is 6.92 Å². The van der Waals surface area contributed by atoms with Crippen LogP contribution in [0.5, 0.6) is 0 Å². The van der Waals surface area contributed by atoms with Crippen LogP contribution < -0.4 is 125 Å². The number of thiol groups is 1. The molecular formula is C71H157N23O30S. The number of aliphatic hydroxyl groups is 1. The van der Waals surface area contributed by atoms with Crippen LogP contribution in [-0.2, 0) is 71.9 Å². The van der Waals surface area contributed by atoms with Gasteiger partial charge < -0.3 is 201 Å². The van der Waals surface area contributed by atoms with Gasteiger partial charge in [-0.2, -0.15) is 12.6 Å². The number of nitrogens with one attached hydrogen (secondary N) is 4. The second-order valence-corrected chi connectivity index (χ2v) is 27.4. The quantitative estimate of drug-likeness (QED) is 0.0116. The second-order valence-electron chi connectivity index (χ2n) is 27.0. The van der Waals surface area contributed by atoms with Gasteiger partial charge in [0, 0.05) is 12.3 Å². The fourth-order valence-corrected chi connectivity index (χ4v) is 7.36. The third kappa shape index (κ3) is 115. The molecule has 16 atom stereocenters. The number of guanidine groups is 1. The van der Waals surface area contributed by atoms with E-state index >= 15 is 0 Å². The Balaban J connectivity index is -0.000000110. The van der Waals surface area contributed by atoms with Gasteiger partial charge in [-0.3, -0.25) is 77.3 Å². The summed E-state index contributed by atoms with van der Waals surface area (Å²) in [5, 5.41) is 139. The van der Waals surface area contributed by atoms with Gasteiger partial charge >= 0.3 is 83.6 Å². The number of carboxylic acids is 14. The number of unbranched alkanes of at least 4 members (excludes halogenated alkanes) is 5. The number of hydrogen-bond donors (Lipinski definition) is 39. The fourth-order valence-electron chi connectivity index (χ4n) is 7.20. The first-order valence-corrected chi connectivity index (χ1v) is 40.2. The molecule has 0 radical (unpaired) electrons. The van der Waals surface area contributed by atoms with Gasteiger partial charge in [0.2, 0.25) is 5.91 Å². The molecule has 2 aliphatic rings. The third-order valence-corrected chi connectivity index (χ3v) is 16.2. The predicted octanol–water partition coefficient (Wildman–Crippen LogP) is -7.76. The van der Waals surface area contributed by atoms with Gasteiger partial charge in [0.15, 0.2) is 5.96 Å². The maximum absolute atomic E-state index is 10.2. The lowest BCUT2D eigenvalue weighted by Gasteiger charge is -2.11. The third-order valence-electron chi connectivity index (χ3n) is 15.8. The molecule has 0 aliphatic carbocycles. The van der Waals surface area contributed by atoms with Crippen molar-refractivity contribution in [2.24, 2.45) is 121 Å². The normalized spacial score (nSPS) is 15.5. The van der Waals surface area contributed by atoms with Crippen molar-refractivity contribution in [1.29, 1.82) is 5.41 Å². The average Bonchev–Trinajstić information content (AvgIpc) is 1.82. The highest BCUT2D eigenvalue weighted by Gasteiger charge is 2.23. The van der Waals surface area contributed by atoms with Gasteiger partial charge in [0.1, 0.15) is 78.5 Å². The summed E-state index contributed by atoms with van der Waals surface area (Å²) in [5.41, 5.74) is 96.8. The largest absolute Gasteiger partial charge is 0.480 e. The van der Waals surface area contributed by atoms with E-state index in [1.807, 2.05) is 27.7 Å². The lowest BCUT2D eigenvalue weighted by Crippen LogP contribution is -2.39. The molecule has 1 amide bonds. The minimum absolute atomic E-state index is 0.0718. The van der Waals surface area contributed by atoms with Crippen molar-refractivity contribution >= 4 is 108 Å². The lowest BCUT2D eigenvalue weighted by molar-refractivity contribution is -0.141. The summed E-state index contributed by atoms with van der Waals surface area (Å²) in [6.45, 7) is 13.8. The Labute approximate surface area is 734 Å². The minimum Gasteiger partial charge on any atom is -0.480 e. The van der Waals surface area contributed by atoms with Crippen molar-refractivity contribution in [1.82, 2.24) is 16.0 Å². The number of amides is 1. The fraction of sp³-hybridized carbons (Fsp3) is 0.775. The molecular weight excluding hydrogens is 1690 g/mol. The summed E-state index contributed by atoms with van der Waals surface area (Å²) in [4.78, 5) is 150. The smallest absolute Gasteiger partial charge is 0.323 e. The van der Waals surface area contributed by atoms with E-state index in [2.05, 4.69) is 40.0 Å². The zero-order valence-corrected chi connectivity index (χ0v) is 73.4. The minimum atomic E-state index is -1.21. The van der Waals surface area contributed by atoms with Gasteiger partial charge in [-0.15, -0.1) is 0 Å². The van der Waals surface area contributed by atoms with Crippen LogP contribution in [-0.4, -0.2) is 321 Å². The number of hydrogen-bond acceptors (Lipinski definition) is 37. The number of rotatable bonds is 46. The summed E-state index contributed by atoms with van der Waals surface area (Å²) in [7, 11) is 0. The van der Waals surface area contributed by atoms with E-state index in [0.717, 1.165) is 116 Å². The molecule has 2 fully saturated rings. The van der Waals surface area contributed by atoms with Crippen LogP contribution in [0.3, 0.4) is 0 Å². The highest BCUT2D eigenvalue weighted by atomic mass is 32.1. The lowest BCUT2D eigenvalue weighted by atomic mass is 10.0. The van der Waals surface area contributed by atoms with Gasteiger partial charge in [-0.05, 0) is 167 Å². The van der Waals surface area contributed by atoms with Crippen LogP contribution in [0.15, 0.2) is 0 Å². The molecule has 2 aliphatic heterocycles. The Bertz CT molecular complexity index is 2600. The number of aliphatic hydroxyl groups excluding tert-OH is 1. The van der Waals surface area contributed by atoms with Crippen LogP contribution in [0.2, 0.25) is 0 Å². The molecule has 0 aromatic heterocycles. The van der Waals surface area contributed by atoms with Crippen LogP contribution in [0.4, 0.5) is 0 Å². The number of carbonyl (C=O) groups excluding carboxylic acids is 1. The molecule has 0 bridgehead atoms. The number of carboxylic acid groups (broad SMARTS) is 14. The molecule has 54 heteroatoms. The molecule has 53 nitrogen and oxygen atoms in total. The summed E-state index contributed by atoms with van der Waals surface area (Å²) in [6.07, 6.45) is 15.7. The van der Waals surface area contributed by atoms with Gasteiger partial charge in [0.05, 0.1) is 19.1 Å². The molecule has 125 heavy (non-hydrogen) atoms. The standard InChI is InChI=1S/C6H14N4O2.5C6H14N2O2.2C6H13NO2.2C5H9NO2.C4H8N2O3.C4H9NO3.C3H7NO2S.C2H5NO2/c7-4(5(11)12)2-1-3-10-6(8)9;5*7-4-2-1-3-5(8)6(9)10;2*1-3-4(2)5(7)6(8)9;2*7-5(8)4-2-1-3-6-4;5-2(4(8)9)1-3(6)7;1-2(6)3(5)4(7)8;4-2(1-7)3(5)6;3-1-2(4)5/h4H,1-3,7H2,(H,11,12)(H4,8,9,10);5*5H,1-4,7-8H2,(H,9,10);2*4-5H,3,7H2,1-2H3,(H,8,9);2*4,6H,1-3H2,(H,7,8);2H,1,5H2,(H2,6,7)(H,8,9);2-3,6H,5H2,1H3,(H,7,8);2,7H,1,4H2,(H,5,6);1,3H2,(H,4,5)/t4-;5*5-;2*4-,5-;2*4-;2-;2-,3+;2-;/m0000000000010./s1. The Kier molecular flexibility index (Phi) is 110. The van der Waals surface area contributed by atoms with E-state index in [-0.39, 0.29) is 48.6 Å². The van der Waals surface area contributed by atoms with Crippen LogP contribution in [0, 0.1) is 17.2 Å². The van der Waals surface area contributed by atoms with Crippen LogP contribution in [0.25, 0.3) is 0 Å². The van der Waals surface area contributed by atoms with Gasteiger partial charge in [-0.1, -0.05) is 72.6 Å². The van der Waals surface area contributed by atoms with Crippen LogP contribution in [0.1, 0.15) is 189 Å². The molecule has 0 aromatic carbocycles. The van der Waals surface area contributed by atoms with E-state index < -0.39 is 162 Å². The molecule has 742 valence electrons. The zero-order chi connectivity index (χ0) is 101. The summed E-state index contributed by atoms with van der Waals surface area (Å²) < 4.78 is 0. The highest BCUT2D eigenvalue weighted by Crippen LogP contribution is 2.08. The average molecular weight is 1850 g/mol. The maximum atomic E-state index is 10.2. The van der Waals surface area contributed by atoms with Crippen molar-refractivity contribution in [3.63, 3.8) is 0 Å². The molecule has 57 N–H and O–H groups in total. The number of primary amides is 1. The van der Waals surface area contributed by atoms with Crippen molar-refractivity contribution in [2.75, 3.05) is 64.7 Å². The van der Waals surface area contributed by atoms with Crippen molar-refractivity contribution in [2.45, 2.75) is 273 Å². The molecule has 0 aromatic rings. The SMILES string of the molecule is CC[C@H](C)[C@H](N)C(=O)O.CC[C@H](C)[C@H](N)C(=O)O.C[C@@H](O)[C@H](N)C(=O)O.N=C(N)NCCC[C@H](N)C(=O)O.NC(=O)C[C@H](N)C(=O)O.NCC(=O)O.NCCCC[C@H](N)C(=O)O.NCCCC[C@H](N)C(=O)O.NCCCC[C@H](N)C(=O)O.NCCCC[C@H](N)C(=O)O.NCCCC[C@H](N)C(=O)O.N[C@@H](CS)C(=O)O.O=C(O)[C@@H]1CCCN1.O=C(O)[C@@H]1CCCN1. The first-order valence-electron chi connectivity index (χ1n) is 39.6. The van der Waals surface area contributed by atoms with Crippen molar-refractivity contribution in [3.05, 3.63) is 0 Å². The first-order chi connectivity index (χ1) is 57.8. The number of aliphatic carboxylic acids is 14. The van der Waals surface area contributed by atoms with Crippen LogP contribution >= 0.6 is 12.6 Å². The maximum Gasteiger partial charge on any atom is 0.323 e. The number of carbonyl (C=O) groups is 15.